The van der Waals surface area contributed by atoms with E-state index >= 15 is 0 Å². The minimum atomic E-state index is 0.377. The fourth-order valence-electron chi connectivity index (χ4n) is 4.20. The zero-order valence-corrected chi connectivity index (χ0v) is 21.6. The van der Waals surface area contributed by atoms with Crippen molar-refractivity contribution in [2.45, 2.75) is 0 Å². The molecule has 0 spiro atoms. The Bertz CT molecular complexity index is 1650. The van der Waals surface area contributed by atoms with Crippen LogP contribution in [0.4, 0.5) is 0 Å². The summed E-state index contributed by atoms with van der Waals surface area (Å²) in [7, 11) is 0. The number of hydrogen-bond acceptors (Lipinski definition) is 7. The molecule has 3 aromatic heterocycles. The Morgan fingerprint density at radius 1 is 0.641 bits per heavy atom. The molecule has 0 aliphatic carbocycles. The maximum atomic E-state index is 5.74. The molecule has 0 atom stereocenters. The van der Waals surface area contributed by atoms with E-state index in [9.17, 15) is 0 Å². The van der Waals surface area contributed by atoms with E-state index in [0.717, 1.165) is 65.7 Å². The van der Waals surface area contributed by atoms with Gasteiger partial charge in [0.1, 0.15) is 0 Å². The van der Waals surface area contributed by atoms with E-state index in [1.165, 1.54) is 0 Å². The van der Waals surface area contributed by atoms with Gasteiger partial charge in [0.15, 0.2) is 0 Å². The van der Waals surface area contributed by atoms with Crippen LogP contribution < -0.4 is 21.5 Å². The predicted octanol–water partition coefficient (Wildman–Crippen LogP) is 3.82. The molecule has 1 aromatic carbocycles. The molecule has 39 heavy (non-hydrogen) atoms. The van der Waals surface area contributed by atoms with Gasteiger partial charge in [-0.25, -0.2) is 9.97 Å². The molecular weight excluding hydrogens is 533 g/mol. The number of nitrogens with two attached hydrogens (primary N) is 2. The number of hydrazone groups is 1. The first kappa shape index (κ1) is 24.4. The second-order valence-electron chi connectivity index (χ2n) is 8.90. The molecule has 8 bridgehead atoms. The minimum absolute atomic E-state index is 0.377. The molecule has 10 heteroatoms. The summed E-state index contributed by atoms with van der Waals surface area (Å²) in [4.78, 5) is 16.0. The summed E-state index contributed by atoms with van der Waals surface area (Å²) >= 11 is 4.26. The molecule has 0 amide bonds. The molecule has 7 rings (SSSR count). The molecule has 194 valence electrons. The van der Waals surface area contributed by atoms with Crippen molar-refractivity contribution in [3.8, 4) is 0 Å². The molecule has 0 fully saturated rings. The van der Waals surface area contributed by atoms with Crippen molar-refractivity contribution in [1.29, 1.82) is 0 Å². The van der Waals surface area contributed by atoms with E-state index in [2.05, 4.69) is 70.5 Å². The maximum absolute atomic E-state index is 5.74. The predicted molar refractivity (Wildman–Crippen MR) is 154 cm³/mol. The number of benzene rings is 1. The molecular formula is C29H24CoN9. The van der Waals surface area contributed by atoms with Gasteiger partial charge < -0.3 is 9.97 Å². The fourth-order valence-corrected chi connectivity index (χ4v) is 4.37. The molecule has 0 radical (unpaired) electrons. The zero-order chi connectivity index (χ0) is 26.8. The molecule has 6 heterocycles. The number of amidine groups is 1. The van der Waals surface area contributed by atoms with Gasteiger partial charge in [0.05, 0.1) is 22.8 Å². The number of hydrogen-bond donors (Lipinski definition) is 5. The first-order valence-corrected chi connectivity index (χ1v) is 12.6. The Morgan fingerprint density at radius 2 is 1.08 bits per heavy atom. The fraction of sp³-hybridized carbons (Fsp3) is 0. The van der Waals surface area contributed by atoms with E-state index in [4.69, 9.17) is 11.6 Å². The number of rotatable bonds is 1. The van der Waals surface area contributed by atoms with E-state index in [1.54, 1.807) is 6.20 Å². The van der Waals surface area contributed by atoms with Gasteiger partial charge in [-0.2, -0.15) is 0 Å². The van der Waals surface area contributed by atoms with Crippen molar-refractivity contribution >= 4 is 62.3 Å². The third kappa shape index (κ3) is 5.83. The molecule has 0 unspecified atom stereocenters. The van der Waals surface area contributed by atoms with Crippen LogP contribution in [0.2, 0.25) is 0 Å². The van der Waals surface area contributed by atoms with Crippen molar-refractivity contribution in [2.24, 2.45) is 16.7 Å². The Morgan fingerprint density at radius 3 is 1.49 bits per heavy atom. The second-order valence-corrected chi connectivity index (χ2v) is 9.50. The SMILES string of the molecule is C1=Cc2cc3ccc(cc4nc(cc5ccc(cc1n2)[nH]5)C=C4)[nH]3.NC1=NN(N)NC=C1c1cc[c]([Co])cc1. The topological polar surface area (TPSA) is 137 Å². The van der Waals surface area contributed by atoms with Gasteiger partial charge in [-0.15, -0.1) is 0 Å². The van der Waals surface area contributed by atoms with Gasteiger partial charge in [0.25, 0.3) is 0 Å². The van der Waals surface area contributed by atoms with Crippen molar-refractivity contribution in [3.63, 3.8) is 0 Å². The molecule has 3 aliphatic rings. The molecule has 4 aromatic rings. The summed E-state index contributed by atoms with van der Waals surface area (Å²) in [6, 6.07) is 24.0. The zero-order valence-electron chi connectivity index (χ0n) is 20.6. The summed E-state index contributed by atoms with van der Waals surface area (Å²) in [6.45, 7) is 0. The summed E-state index contributed by atoms with van der Waals surface area (Å²) in [5.74, 6) is 5.76. The molecule has 7 N–H and O–H groups in total. The molecule has 0 saturated carbocycles. The number of nitrogens with one attached hydrogen (secondary N) is 3. The van der Waals surface area contributed by atoms with Crippen molar-refractivity contribution in [3.05, 3.63) is 107 Å². The van der Waals surface area contributed by atoms with Crippen LogP contribution in [-0.4, -0.2) is 31.0 Å². The van der Waals surface area contributed by atoms with Crippen molar-refractivity contribution in [1.82, 2.24) is 30.6 Å². The normalized spacial score (nSPS) is 13.8. The Labute approximate surface area is 232 Å². The van der Waals surface area contributed by atoms with Gasteiger partial charge in [0, 0.05) is 22.1 Å². The third-order valence-electron chi connectivity index (χ3n) is 6.01. The van der Waals surface area contributed by atoms with Gasteiger partial charge in [-0.1, -0.05) is 0 Å². The summed E-state index contributed by atoms with van der Waals surface area (Å²) in [5, 5.41) is 4.93. The summed E-state index contributed by atoms with van der Waals surface area (Å²) < 4.78 is 0.895. The van der Waals surface area contributed by atoms with Gasteiger partial charge in [-0.3, -0.25) is 0 Å². The standard InChI is InChI=1S/C20H14N4.C9H10N5.Co/c1-2-14-10-16-5-6-18(23-16)12-20-8-7-19(24-20)11-17-4-3-15(22-17)9-13(1)21-14;10-9-8(6-12-14(11)13-9)7-4-2-1-3-5-7;/h1-12,21,24H;2-6,12H,11H2,(H2,10,13);. The van der Waals surface area contributed by atoms with Crippen LogP contribution in [0.1, 0.15) is 28.3 Å². The molecule has 9 nitrogen and oxygen atoms in total. The quantitative estimate of drug-likeness (QED) is 0.195. The van der Waals surface area contributed by atoms with E-state index in [0.29, 0.717) is 5.84 Å². The Hall–Kier alpha value is -4.90. The van der Waals surface area contributed by atoms with E-state index in [1.807, 2.05) is 72.8 Å². The summed E-state index contributed by atoms with van der Waals surface area (Å²) in [5.41, 5.74) is 18.1. The summed E-state index contributed by atoms with van der Waals surface area (Å²) in [6.07, 6.45) is 9.79. The van der Waals surface area contributed by atoms with Crippen LogP contribution in [-0.2, 0) is 15.7 Å². The number of H-pyrrole nitrogens is 2. The third-order valence-corrected chi connectivity index (χ3v) is 6.36. The first-order valence-electron chi connectivity index (χ1n) is 12.1. The van der Waals surface area contributed by atoms with Crippen molar-refractivity contribution < 1.29 is 15.7 Å². The average Bonchev–Trinajstić information content (AvgIpc) is 3.72. The van der Waals surface area contributed by atoms with Crippen LogP contribution in [0.5, 0.6) is 0 Å². The average molecular weight is 558 g/mol. The Balaban J connectivity index is 0.000000159. The number of aromatic amines is 2. The van der Waals surface area contributed by atoms with E-state index < -0.39 is 0 Å². The van der Waals surface area contributed by atoms with E-state index in [-0.39, 0.29) is 0 Å². The number of fused-ring (bicyclic) bond motifs is 8. The number of hydrazine groups is 2. The van der Waals surface area contributed by atoms with Crippen molar-refractivity contribution in [2.75, 3.05) is 0 Å². The first-order chi connectivity index (χ1) is 19.0. The number of nitrogens with zero attached hydrogens (tertiary/aromatic N) is 4. The number of aromatic nitrogens is 4. The van der Waals surface area contributed by atoms with Crippen LogP contribution >= 0.6 is 0 Å². The Kier molecular flexibility index (Phi) is 6.55. The van der Waals surface area contributed by atoms with Gasteiger partial charge >= 0.3 is 95.0 Å². The van der Waals surface area contributed by atoms with Crippen LogP contribution in [0.3, 0.4) is 0 Å². The van der Waals surface area contributed by atoms with Crippen LogP contribution in [0, 0.1) is 0 Å². The van der Waals surface area contributed by atoms with Gasteiger partial charge in [-0.05, 0) is 72.8 Å². The van der Waals surface area contributed by atoms with Crippen LogP contribution in [0.15, 0.2) is 84.1 Å². The van der Waals surface area contributed by atoms with Gasteiger partial charge in [0.2, 0.25) is 0 Å². The monoisotopic (exact) mass is 557 g/mol. The van der Waals surface area contributed by atoms with Crippen LogP contribution in [0.25, 0.3) is 51.9 Å². The second kappa shape index (κ2) is 10.5. The molecule has 3 aliphatic heterocycles. The molecule has 0 saturated heterocycles.